The zero-order chi connectivity index (χ0) is 33.7. The van der Waals surface area contributed by atoms with Crippen molar-refractivity contribution in [2.45, 2.75) is 122 Å². The third-order valence-electron chi connectivity index (χ3n) is 12.9. The Bertz CT molecular complexity index is 1450. The van der Waals surface area contributed by atoms with Gasteiger partial charge in [0.25, 0.3) is 0 Å². The second-order valence-corrected chi connectivity index (χ2v) is 16.2. The fourth-order valence-electron chi connectivity index (χ4n) is 10.1. The molecule has 6 rings (SSSR count). The van der Waals surface area contributed by atoms with Gasteiger partial charge in [0.15, 0.2) is 0 Å². The summed E-state index contributed by atoms with van der Waals surface area (Å²) in [7, 11) is 1.62. The molecule has 0 aromatic heterocycles. The van der Waals surface area contributed by atoms with E-state index in [1.54, 1.807) is 7.11 Å². The monoisotopic (exact) mass is 652 g/mol. The smallest absolute Gasteiger partial charge is 0.142 e. The molecule has 3 fully saturated rings. The minimum absolute atomic E-state index is 0.00240. The Balaban J connectivity index is 1.10. The van der Waals surface area contributed by atoms with Crippen LogP contribution < -0.4 is 4.74 Å². The summed E-state index contributed by atoms with van der Waals surface area (Å²) in [5, 5.41) is 0. The molecule has 0 saturated heterocycles. The van der Waals surface area contributed by atoms with Crippen molar-refractivity contribution < 1.29 is 23.9 Å². The highest BCUT2D eigenvalue weighted by Gasteiger charge is 2.44. The minimum atomic E-state index is -0.991. The summed E-state index contributed by atoms with van der Waals surface area (Å²) >= 11 is 0. The molecule has 5 heteroatoms. The second kappa shape index (κ2) is 15.6. The first-order valence-corrected chi connectivity index (χ1v) is 19.0. The van der Waals surface area contributed by atoms with E-state index >= 15 is 0 Å². The third kappa shape index (κ3) is 8.20. The first-order valence-electron chi connectivity index (χ1n) is 19.0. The number of Topliss-reactive ketones (excluding diaryl/α,β-unsaturated/α-hetero) is 4. The van der Waals surface area contributed by atoms with E-state index in [0.29, 0.717) is 23.9 Å². The highest BCUT2D eigenvalue weighted by molar-refractivity contribution is 5.97. The molecule has 0 aliphatic heterocycles. The van der Waals surface area contributed by atoms with Crippen LogP contribution in [0.2, 0.25) is 0 Å². The zero-order valence-corrected chi connectivity index (χ0v) is 29.4. The van der Waals surface area contributed by atoms with Crippen molar-refractivity contribution in [1.29, 1.82) is 0 Å². The molecule has 0 spiro atoms. The number of rotatable bonds is 12. The molecule has 0 N–H and O–H groups in total. The highest BCUT2D eigenvalue weighted by Crippen LogP contribution is 2.45. The SMILES string of the molecule is COc1cccc(CC(=O)CC(C)(CC(=O)C2CCC(C3Cc4ccccc4CC3=O)CC2)C(=O)C2CCC(C3CCCCC3)CC2)c1. The molecule has 0 amide bonds. The van der Waals surface area contributed by atoms with Crippen LogP contribution in [0.4, 0.5) is 0 Å². The van der Waals surface area contributed by atoms with Gasteiger partial charge in [0.05, 0.1) is 7.11 Å². The summed E-state index contributed by atoms with van der Waals surface area (Å²) in [5.74, 6) is 3.03. The predicted molar refractivity (Wildman–Crippen MR) is 189 cm³/mol. The van der Waals surface area contributed by atoms with Gasteiger partial charge in [-0.15, -0.1) is 0 Å². The maximum atomic E-state index is 14.4. The number of carbonyl (C=O) groups excluding carboxylic acids is 4. The van der Waals surface area contributed by atoms with Gasteiger partial charge in [-0.05, 0) is 104 Å². The molecule has 2 aromatic rings. The van der Waals surface area contributed by atoms with Gasteiger partial charge in [-0.2, -0.15) is 0 Å². The molecular weight excluding hydrogens is 596 g/mol. The van der Waals surface area contributed by atoms with E-state index in [1.807, 2.05) is 37.3 Å². The topological polar surface area (TPSA) is 77.5 Å². The molecule has 4 aliphatic carbocycles. The standard InChI is InChI=1S/C43H56O5/c1-43(27-37(44)23-29-9-8-14-38(24-29)48-2,42(47)34-21-15-31(16-22-34)30-10-4-3-5-11-30)28-41(46)33-19-17-32(18-20-33)39-25-35-12-6-7-13-36(35)26-40(39)45/h6-9,12-14,24,30-34,39H,3-5,10-11,15-23,25-28H2,1-2H3. The first kappa shape index (κ1) is 34.8. The van der Waals surface area contributed by atoms with Crippen LogP contribution in [-0.2, 0) is 38.4 Å². The van der Waals surface area contributed by atoms with Gasteiger partial charge in [-0.25, -0.2) is 0 Å². The molecule has 3 saturated carbocycles. The lowest BCUT2D eigenvalue weighted by atomic mass is 9.64. The number of benzene rings is 2. The Hall–Kier alpha value is -3.08. The number of hydrogen-bond acceptors (Lipinski definition) is 5. The molecule has 258 valence electrons. The van der Waals surface area contributed by atoms with Crippen molar-refractivity contribution in [3.05, 3.63) is 65.2 Å². The largest absolute Gasteiger partial charge is 0.497 e. The third-order valence-corrected chi connectivity index (χ3v) is 12.9. The van der Waals surface area contributed by atoms with Gasteiger partial charge in [-0.1, -0.05) is 75.4 Å². The van der Waals surface area contributed by atoms with Crippen LogP contribution in [-0.4, -0.2) is 30.2 Å². The Morgan fingerprint density at radius 3 is 2.08 bits per heavy atom. The van der Waals surface area contributed by atoms with Crippen LogP contribution in [0.15, 0.2) is 48.5 Å². The number of hydrogen-bond donors (Lipinski definition) is 0. The number of ether oxygens (including phenoxy) is 1. The fraction of sp³-hybridized carbons (Fsp3) is 0.628. The van der Waals surface area contributed by atoms with E-state index in [2.05, 4.69) is 18.2 Å². The van der Waals surface area contributed by atoms with Crippen molar-refractivity contribution in [2.75, 3.05) is 7.11 Å². The quantitative estimate of drug-likeness (QED) is 0.229. The van der Waals surface area contributed by atoms with Crippen LogP contribution in [0, 0.1) is 40.9 Å². The van der Waals surface area contributed by atoms with E-state index in [-0.39, 0.29) is 54.4 Å². The maximum absolute atomic E-state index is 14.4. The molecule has 0 radical (unpaired) electrons. The van der Waals surface area contributed by atoms with Crippen LogP contribution in [0.3, 0.4) is 0 Å². The lowest BCUT2D eigenvalue weighted by Gasteiger charge is -2.39. The number of methoxy groups -OCH3 is 1. The van der Waals surface area contributed by atoms with Crippen molar-refractivity contribution in [3.63, 3.8) is 0 Å². The summed E-state index contributed by atoms with van der Waals surface area (Å²) in [6, 6.07) is 15.8. The molecule has 4 aliphatic rings. The van der Waals surface area contributed by atoms with Gasteiger partial charge in [0.1, 0.15) is 28.9 Å². The highest BCUT2D eigenvalue weighted by atomic mass is 16.5. The predicted octanol–water partition coefficient (Wildman–Crippen LogP) is 8.91. The van der Waals surface area contributed by atoms with Crippen molar-refractivity contribution in [3.8, 4) is 5.75 Å². The molecular formula is C43H56O5. The molecule has 2 atom stereocenters. The summed E-state index contributed by atoms with van der Waals surface area (Å²) < 4.78 is 5.37. The van der Waals surface area contributed by atoms with Gasteiger partial charge in [-0.3, -0.25) is 19.2 Å². The minimum Gasteiger partial charge on any atom is -0.497 e. The lowest BCUT2D eigenvalue weighted by Crippen LogP contribution is -2.41. The van der Waals surface area contributed by atoms with Gasteiger partial charge in [0.2, 0.25) is 0 Å². The number of ketones is 4. The van der Waals surface area contributed by atoms with E-state index in [9.17, 15) is 19.2 Å². The lowest BCUT2D eigenvalue weighted by molar-refractivity contribution is -0.142. The van der Waals surface area contributed by atoms with Crippen molar-refractivity contribution >= 4 is 23.1 Å². The second-order valence-electron chi connectivity index (χ2n) is 16.2. The normalized spacial score (nSPS) is 27.8. The van der Waals surface area contributed by atoms with Gasteiger partial charge < -0.3 is 4.74 Å². The molecule has 2 aromatic carbocycles. The molecule has 2 unspecified atom stereocenters. The molecule has 48 heavy (non-hydrogen) atoms. The van der Waals surface area contributed by atoms with Gasteiger partial charge in [0, 0.05) is 48.9 Å². The van der Waals surface area contributed by atoms with Crippen molar-refractivity contribution in [2.24, 2.45) is 40.9 Å². The van der Waals surface area contributed by atoms with Crippen LogP contribution in [0.5, 0.6) is 5.75 Å². The Labute approximate surface area is 288 Å². The number of carbonyl (C=O) groups is 4. The summed E-state index contributed by atoms with van der Waals surface area (Å²) in [4.78, 5) is 55.2. The first-order chi connectivity index (χ1) is 23.2. The zero-order valence-electron chi connectivity index (χ0n) is 29.4. The summed E-state index contributed by atoms with van der Waals surface area (Å²) in [6.45, 7) is 1.91. The van der Waals surface area contributed by atoms with Crippen LogP contribution >= 0.6 is 0 Å². The van der Waals surface area contributed by atoms with Gasteiger partial charge >= 0.3 is 0 Å². The van der Waals surface area contributed by atoms with E-state index in [4.69, 9.17) is 4.74 Å². The van der Waals surface area contributed by atoms with E-state index < -0.39 is 5.41 Å². The van der Waals surface area contributed by atoms with Crippen LogP contribution in [0.1, 0.15) is 120 Å². The summed E-state index contributed by atoms with van der Waals surface area (Å²) in [6.07, 6.45) is 15.7. The Kier molecular flexibility index (Phi) is 11.3. The average Bonchev–Trinajstić information content (AvgIpc) is 3.11. The number of fused-ring (bicyclic) bond motifs is 1. The molecule has 5 nitrogen and oxygen atoms in total. The van der Waals surface area contributed by atoms with Crippen molar-refractivity contribution in [1.82, 2.24) is 0 Å². The summed E-state index contributed by atoms with van der Waals surface area (Å²) in [5.41, 5.74) is 2.33. The average molecular weight is 653 g/mol. The fourth-order valence-corrected chi connectivity index (χ4v) is 10.1. The van der Waals surface area contributed by atoms with Crippen LogP contribution in [0.25, 0.3) is 0 Å². The Morgan fingerprint density at radius 1 is 0.729 bits per heavy atom. The van der Waals surface area contributed by atoms with E-state index in [0.717, 1.165) is 80.8 Å². The molecule has 0 bridgehead atoms. The maximum Gasteiger partial charge on any atom is 0.142 e. The molecule has 0 heterocycles. The van der Waals surface area contributed by atoms with E-state index in [1.165, 1.54) is 37.7 Å². The Morgan fingerprint density at radius 2 is 1.38 bits per heavy atom.